The molecule has 3 aliphatic heterocycles. The van der Waals surface area contributed by atoms with E-state index in [1.165, 1.54) is 32.4 Å². The van der Waals surface area contributed by atoms with Crippen LogP contribution in [0, 0.1) is 0 Å². The van der Waals surface area contributed by atoms with Crippen molar-refractivity contribution < 1.29 is 73.7 Å². The molecule has 2 aromatic rings. The van der Waals surface area contributed by atoms with Crippen LogP contribution in [-0.2, 0) is 14.2 Å². The summed E-state index contributed by atoms with van der Waals surface area (Å²) in [7, 11) is 2.78. The van der Waals surface area contributed by atoms with Crippen LogP contribution in [0.15, 0.2) is 30.3 Å². The van der Waals surface area contributed by atoms with Gasteiger partial charge < -0.3 is 68.9 Å². The number of phenolic OH excluding ortho intramolecular Hbond substituents is 1. The molecule has 7 N–H and O–H groups in total. The van der Waals surface area contributed by atoms with Gasteiger partial charge in [-0.1, -0.05) is 6.07 Å². The van der Waals surface area contributed by atoms with E-state index in [-0.39, 0.29) is 40.8 Å². The molecule has 9 atom stereocenters. The van der Waals surface area contributed by atoms with E-state index in [2.05, 4.69) is 0 Å². The number of fused-ring (bicyclic) bond motifs is 1. The van der Waals surface area contributed by atoms with Gasteiger partial charge in [-0.2, -0.15) is 0 Å². The smallest absolute Gasteiger partial charge is 0.229 e. The first-order valence-electron chi connectivity index (χ1n) is 13.4. The molecule has 0 spiro atoms. The number of hydrogen-bond donors (Lipinski definition) is 7. The summed E-state index contributed by atoms with van der Waals surface area (Å²) in [6.07, 6.45) is -11.7. The SMILES string of the molecule is COc1cc(O)c2c(c1)O[C@H](c1ccc(O[C@@H]3O[C@H](CO)[C@@H](O)[C@H](O)[C@H]3O[C@@H]3OC[C@](O)(CO)[C@H]3O)c(OC)c1)CC2=O. The summed E-state index contributed by atoms with van der Waals surface area (Å²) >= 11 is 0. The maximum absolute atomic E-state index is 12.9. The third-order valence-electron chi connectivity index (χ3n) is 7.71. The molecular formula is C28H34O15. The number of methoxy groups -OCH3 is 2. The Hall–Kier alpha value is -3.25. The van der Waals surface area contributed by atoms with Gasteiger partial charge in [-0.15, -0.1) is 0 Å². The number of rotatable bonds is 9. The zero-order valence-electron chi connectivity index (χ0n) is 23.2. The average molecular weight is 611 g/mol. The molecule has 0 amide bonds. The van der Waals surface area contributed by atoms with Gasteiger partial charge in [-0.25, -0.2) is 0 Å². The first kappa shape index (κ1) is 31.2. The van der Waals surface area contributed by atoms with E-state index in [0.29, 0.717) is 11.3 Å². The van der Waals surface area contributed by atoms with Crippen molar-refractivity contribution in [3.05, 3.63) is 41.5 Å². The average Bonchev–Trinajstić information content (AvgIpc) is 3.29. The van der Waals surface area contributed by atoms with Crippen LogP contribution in [0.4, 0.5) is 0 Å². The predicted molar refractivity (Wildman–Crippen MR) is 141 cm³/mol. The maximum atomic E-state index is 12.9. The Morgan fingerprint density at radius 1 is 1.00 bits per heavy atom. The predicted octanol–water partition coefficient (Wildman–Crippen LogP) is -1.24. The lowest BCUT2D eigenvalue weighted by atomic mass is 9.95. The number of ketones is 1. The molecule has 0 bridgehead atoms. The van der Waals surface area contributed by atoms with Crippen LogP contribution in [0.5, 0.6) is 28.7 Å². The lowest BCUT2D eigenvalue weighted by molar-refractivity contribution is -0.319. The largest absolute Gasteiger partial charge is 0.507 e. The fourth-order valence-corrected chi connectivity index (χ4v) is 5.19. The number of carbonyl (C=O) groups excluding carboxylic acids is 1. The third kappa shape index (κ3) is 5.83. The Morgan fingerprint density at radius 3 is 2.42 bits per heavy atom. The summed E-state index contributed by atoms with van der Waals surface area (Å²) in [6, 6.07) is 7.45. The Morgan fingerprint density at radius 2 is 1.77 bits per heavy atom. The number of phenols is 1. The number of hydrogen-bond acceptors (Lipinski definition) is 15. The van der Waals surface area contributed by atoms with Gasteiger partial charge in [-0.05, 0) is 17.7 Å². The van der Waals surface area contributed by atoms with Gasteiger partial charge >= 0.3 is 0 Å². The Bertz CT molecular complexity index is 1320. The van der Waals surface area contributed by atoms with Crippen LogP contribution >= 0.6 is 0 Å². The van der Waals surface area contributed by atoms with Crippen LogP contribution in [0.25, 0.3) is 0 Å². The molecule has 15 heteroatoms. The number of Topliss-reactive ketones (excluding diaryl/α,β-unsaturated/α-hetero) is 1. The molecule has 2 aromatic carbocycles. The lowest BCUT2D eigenvalue weighted by Gasteiger charge is -2.42. The second-order valence-electron chi connectivity index (χ2n) is 10.5. The van der Waals surface area contributed by atoms with E-state index in [4.69, 9.17) is 33.2 Å². The summed E-state index contributed by atoms with van der Waals surface area (Å²) in [5, 5.41) is 71.4. The molecule has 0 saturated carbocycles. The Kier molecular flexibility index (Phi) is 8.99. The number of aliphatic hydroxyl groups is 6. The minimum absolute atomic E-state index is 0.0532. The second kappa shape index (κ2) is 12.4. The van der Waals surface area contributed by atoms with Crippen molar-refractivity contribution in [3.63, 3.8) is 0 Å². The first-order chi connectivity index (χ1) is 20.5. The Balaban J connectivity index is 1.39. The van der Waals surface area contributed by atoms with Crippen molar-refractivity contribution in [1.29, 1.82) is 0 Å². The van der Waals surface area contributed by atoms with Gasteiger partial charge in [0.25, 0.3) is 0 Å². The van der Waals surface area contributed by atoms with Crippen molar-refractivity contribution in [1.82, 2.24) is 0 Å². The molecule has 0 unspecified atom stereocenters. The highest BCUT2D eigenvalue weighted by molar-refractivity contribution is 6.02. The molecule has 0 radical (unpaired) electrons. The molecule has 0 aliphatic carbocycles. The minimum atomic E-state index is -2.01. The van der Waals surface area contributed by atoms with E-state index in [1.807, 2.05) is 0 Å². The van der Waals surface area contributed by atoms with Crippen molar-refractivity contribution in [2.75, 3.05) is 34.0 Å². The molecule has 3 heterocycles. The molecule has 43 heavy (non-hydrogen) atoms. The molecule has 15 nitrogen and oxygen atoms in total. The second-order valence-corrected chi connectivity index (χ2v) is 10.5. The zero-order chi connectivity index (χ0) is 31.1. The zero-order valence-corrected chi connectivity index (χ0v) is 23.2. The third-order valence-corrected chi connectivity index (χ3v) is 7.71. The van der Waals surface area contributed by atoms with Gasteiger partial charge in [0.1, 0.15) is 58.9 Å². The van der Waals surface area contributed by atoms with Crippen LogP contribution < -0.4 is 18.9 Å². The van der Waals surface area contributed by atoms with Gasteiger partial charge in [0.2, 0.25) is 6.29 Å². The van der Waals surface area contributed by atoms with Crippen molar-refractivity contribution in [2.24, 2.45) is 0 Å². The molecule has 0 aromatic heterocycles. The van der Waals surface area contributed by atoms with Gasteiger partial charge in [0, 0.05) is 12.1 Å². The molecular weight excluding hydrogens is 576 g/mol. The van der Waals surface area contributed by atoms with E-state index in [1.54, 1.807) is 12.1 Å². The number of carbonyl (C=O) groups is 1. The van der Waals surface area contributed by atoms with Gasteiger partial charge in [-0.3, -0.25) is 4.79 Å². The lowest BCUT2D eigenvalue weighted by Crippen LogP contribution is -2.62. The van der Waals surface area contributed by atoms with Crippen molar-refractivity contribution in [3.8, 4) is 28.7 Å². The van der Waals surface area contributed by atoms with Crippen molar-refractivity contribution >= 4 is 5.78 Å². The van der Waals surface area contributed by atoms with Gasteiger partial charge in [0.15, 0.2) is 29.7 Å². The monoisotopic (exact) mass is 610 g/mol. The highest BCUT2D eigenvalue weighted by Gasteiger charge is 2.53. The van der Waals surface area contributed by atoms with Crippen LogP contribution in [0.2, 0.25) is 0 Å². The molecule has 236 valence electrons. The molecule has 2 saturated heterocycles. The number of benzene rings is 2. The first-order valence-corrected chi connectivity index (χ1v) is 13.4. The summed E-state index contributed by atoms with van der Waals surface area (Å²) in [6.45, 7) is -1.97. The number of aliphatic hydroxyl groups excluding tert-OH is 5. The summed E-state index contributed by atoms with van der Waals surface area (Å²) in [5.41, 5.74) is -1.44. The van der Waals surface area contributed by atoms with Crippen LogP contribution in [0.3, 0.4) is 0 Å². The highest BCUT2D eigenvalue weighted by Crippen LogP contribution is 2.43. The van der Waals surface area contributed by atoms with Crippen LogP contribution in [-0.4, -0.2) is 124 Å². The molecule has 3 aliphatic rings. The molecule has 2 fully saturated rings. The number of ether oxygens (including phenoxy) is 7. The standard InChI is InChI=1S/C28H34O15/c1-37-13-6-14(31)21-15(32)8-17(40-19(21)7-13)12-3-4-16(18(5-12)38-2)41-26-24(23(34)22(33)20(9-29)42-26)43-27-25(35)28(36,10-30)11-39-27/h3-7,17,20,22-27,29-31,33-36H,8-11H2,1-2H3/t17-,20+,22+,23-,24+,25-,26+,27-,28+/m0/s1. The summed E-state index contributed by atoms with van der Waals surface area (Å²) in [4.78, 5) is 12.9. The topological polar surface area (TPSA) is 223 Å². The number of aromatic hydroxyl groups is 1. The van der Waals surface area contributed by atoms with E-state index in [0.717, 1.165) is 0 Å². The fourth-order valence-electron chi connectivity index (χ4n) is 5.19. The maximum Gasteiger partial charge on any atom is 0.229 e. The summed E-state index contributed by atoms with van der Waals surface area (Å²) in [5.74, 6) is 0.0944. The van der Waals surface area contributed by atoms with E-state index < -0.39 is 74.6 Å². The normalized spacial score (nSPS) is 33.9. The molecule has 5 rings (SSSR count). The van der Waals surface area contributed by atoms with Crippen molar-refractivity contribution in [2.45, 2.75) is 61.2 Å². The highest BCUT2D eigenvalue weighted by atomic mass is 16.8. The van der Waals surface area contributed by atoms with Gasteiger partial charge in [0.05, 0.1) is 40.5 Å². The quantitative estimate of drug-likeness (QED) is 0.176. The fraction of sp³-hybridized carbons (Fsp3) is 0.536. The van der Waals surface area contributed by atoms with E-state index in [9.17, 15) is 40.5 Å². The Labute approximate surface area is 245 Å². The minimum Gasteiger partial charge on any atom is -0.507 e. The summed E-state index contributed by atoms with van der Waals surface area (Å²) < 4.78 is 39.3. The van der Waals surface area contributed by atoms with E-state index >= 15 is 0 Å². The van der Waals surface area contributed by atoms with Crippen LogP contribution in [0.1, 0.15) is 28.4 Å².